The molecule has 0 heterocycles. The molecule has 0 bridgehead atoms. The zero-order valence-electron chi connectivity index (χ0n) is 13.2. The summed E-state index contributed by atoms with van der Waals surface area (Å²) in [6.07, 6.45) is 6.81. The van der Waals surface area contributed by atoms with Crippen LogP contribution in [-0.2, 0) is 4.74 Å². The van der Waals surface area contributed by atoms with Crippen molar-refractivity contribution in [3.63, 3.8) is 0 Å². The Labute approximate surface area is 118 Å². The molecule has 2 aliphatic rings. The van der Waals surface area contributed by atoms with Crippen molar-refractivity contribution in [1.82, 2.24) is 5.32 Å². The Morgan fingerprint density at radius 2 is 1.89 bits per heavy atom. The standard InChI is InChI=1S/C16H32N2O/c1-12-5-7-16(10-17,8-6-12)11-18-13-9-14(19-4)15(13,2)3/h12-14,18H,5-11,17H2,1-4H3. The molecule has 3 N–H and O–H groups in total. The second-order valence-corrected chi connectivity index (χ2v) is 7.60. The lowest BCUT2D eigenvalue weighted by molar-refractivity contribution is -0.100. The van der Waals surface area contributed by atoms with Gasteiger partial charge in [-0.15, -0.1) is 0 Å². The maximum atomic E-state index is 6.09. The van der Waals surface area contributed by atoms with E-state index in [0.29, 0.717) is 17.6 Å². The Kier molecular flexibility index (Phi) is 4.59. The first-order valence-electron chi connectivity index (χ1n) is 7.90. The molecule has 0 aliphatic heterocycles. The number of methoxy groups -OCH3 is 1. The van der Waals surface area contributed by atoms with Crippen LogP contribution in [0.5, 0.6) is 0 Å². The van der Waals surface area contributed by atoms with Gasteiger partial charge in [-0.25, -0.2) is 0 Å². The second kappa shape index (κ2) is 5.71. The van der Waals surface area contributed by atoms with Gasteiger partial charge in [-0.05, 0) is 37.1 Å². The van der Waals surface area contributed by atoms with Crippen LogP contribution in [0.2, 0.25) is 0 Å². The van der Waals surface area contributed by atoms with Crippen molar-refractivity contribution >= 4 is 0 Å². The molecule has 2 aliphatic carbocycles. The molecule has 2 unspecified atom stereocenters. The fraction of sp³-hybridized carbons (Fsp3) is 1.00. The van der Waals surface area contributed by atoms with Crippen LogP contribution >= 0.6 is 0 Å². The highest BCUT2D eigenvalue weighted by atomic mass is 16.5. The lowest BCUT2D eigenvalue weighted by Gasteiger charge is -2.53. The van der Waals surface area contributed by atoms with Crippen molar-refractivity contribution in [2.75, 3.05) is 20.2 Å². The molecular weight excluding hydrogens is 236 g/mol. The van der Waals surface area contributed by atoms with Crippen LogP contribution in [0.3, 0.4) is 0 Å². The minimum atomic E-state index is 0.256. The number of hydrogen-bond donors (Lipinski definition) is 2. The number of ether oxygens (including phenoxy) is 1. The van der Waals surface area contributed by atoms with Gasteiger partial charge in [0.1, 0.15) is 0 Å². The fourth-order valence-electron chi connectivity index (χ4n) is 3.80. The predicted octanol–water partition coefficient (Wildman–Crippen LogP) is 2.54. The summed E-state index contributed by atoms with van der Waals surface area (Å²) in [4.78, 5) is 0. The maximum Gasteiger partial charge on any atom is 0.0652 e. The molecule has 0 saturated heterocycles. The molecule has 0 aromatic heterocycles. The molecule has 0 amide bonds. The minimum Gasteiger partial charge on any atom is -0.381 e. The Hall–Kier alpha value is -0.120. The first-order chi connectivity index (χ1) is 8.93. The van der Waals surface area contributed by atoms with Crippen molar-refractivity contribution in [1.29, 1.82) is 0 Å². The van der Waals surface area contributed by atoms with Crippen LogP contribution in [0.15, 0.2) is 0 Å². The van der Waals surface area contributed by atoms with E-state index in [-0.39, 0.29) is 5.41 Å². The Bertz CT molecular complexity index is 295. The average Bonchev–Trinajstić information content (AvgIpc) is 2.40. The number of nitrogens with one attached hydrogen (secondary N) is 1. The summed E-state index contributed by atoms with van der Waals surface area (Å²) in [7, 11) is 1.83. The first-order valence-corrected chi connectivity index (χ1v) is 7.90. The lowest BCUT2D eigenvalue weighted by atomic mass is 9.63. The first kappa shape index (κ1) is 15.3. The molecule has 0 spiro atoms. The highest BCUT2D eigenvalue weighted by molar-refractivity contribution is 5.03. The van der Waals surface area contributed by atoms with Gasteiger partial charge in [0.25, 0.3) is 0 Å². The Morgan fingerprint density at radius 3 is 2.37 bits per heavy atom. The van der Waals surface area contributed by atoms with Crippen LogP contribution in [0.1, 0.15) is 52.9 Å². The van der Waals surface area contributed by atoms with Crippen LogP contribution in [0, 0.1) is 16.7 Å². The van der Waals surface area contributed by atoms with Crippen LogP contribution in [0.4, 0.5) is 0 Å². The SMILES string of the molecule is COC1CC(NCC2(CN)CCC(C)CC2)C1(C)C. The van der Waals surface area contributed by atoms with Gasteiger partial charge >= 0.3 is 0 Å². The van der Waals surface area contributed by atoms with Gasteiger partial charge in [-0.1, -0.05) is 33.6 Å². The van der Waals surface area contributed by atoms with Gasteiger partial charge in [0.2, 0.25) is 0 Å². The van der Waals surface area contributed by atoms with E-state index in [2.05, 4.69) is 26.1 Å². The quantitative estimate of drug-likeness (QED) is 0.805. The molecule has 2 rings (SSSR count). The molecule has 0 aromatic carbocycles. The van der Waals surface area contributed by atoms with E-state index in [0.717, 1.165) is 25.4 Å². The van der Waals surface area contributed by atoms with Gasteiger partial charge < -0.3 is 15.8 Å². The van der Waals surface area contributed by atoms with Crippen molar-refractivity contribution in [3.05, 3.63) is 0 Å². The lowest BCUT2D eigenvalue weighted by Crippen LogP contribution is -2.62. The molecule has 3 nitrogen and oxygen atoms in total. The summed E-state index contributed by atoms with van der Waals surface area (Å²) in [5, 5.41) is 3.79. The van der Waals surface area contributed by atoms with E-state index in [1.54, 1.807) is 0 Å². The van der Waals surface area contributed by atoms with E-state index < -0.39 is 0 Å². The predicted molar refractivity (Wildman–Crippen MR) is 80.1 cm³/mol. The maximum absolute atomic E-state index is 6.09. The number of nitrogens with two attached hydrogens (primary N) is 1. The van der Waals surface area contributed by atoms with E-state index in [1.807, 2.05) is 7.11 Å². The van der Waals surface area contributed by atoms with Crippen molar-refractivity contribution in [2.45, 2.75) is 65.0 Å². The van der Waals surface area contributed by atoms with Crippen molar-refractivity contribution in [3.8, 4) is 0 Å². The third kappa shape index (κ3) is 2.98. The highest BCUT2D eigenvalue weighted by Crippen LogP contribution is 2.44. The molecule has 3 heteroatoms. The van der Waals surface area contributed by atoms with Gasteiger partial charge in [0.05, 0.1) is 6.10 Å². The van der Waals surface area contributed by atoms with E-state index in [4.69, 9.17) is 10.5 Å². The topological polar surface area (TPSA) is 47.3 Å². The highest BCUT2D eigenvalue weighted by Gasteiger charge is 2.49. The zero-order chi connectivity index (χ0) is 14.1. The van der Waals surface area contributed by atoms with Crippen molar-refractivity contribution in [2.24, 2.45) is 22.5 Å². The number of hydrogen-bond acceptors (Lipinski definition) is 3. The molecule has 112 valence electrons. The van der Waals surface area contributed by atoms with E-state index >= 15 is 0 Å². The largest absolute Gasteiger partial charge is 0.381 e. The normalized spacial score (nSPS) is 41.8. The molecule has 0 radical (unpaired) electrons. The van der Waals surface area contributed by atoms with Crippen molar-refractivity contribution < 1.29 is 4.74 Å². The molecular formula is C16H32N2O. The summed E-state index contributed by atoms with van der Waals surface area (Å²) < 4.78 is 5.52. The van der Waals surface area contributed by atoms with Gasteiger partial charge in [-0.3, -0.25) is 0 Å². The van der Waals surface area contributed by atoms with Crippen LogP contribution < -0.4 is 11.1 Å². The minimum absolute atomic E-state index is 0.256. The summed E-state index contributed by atoms with van der Waals surface area (Å²) in [5.74, 6) is 0.887. The number of rotatable bonds is 5. The summed E-state index contributed by atoms with van der Waals surface area (Å²) in [6.45, 7) is 8.89. The second-order valence-electron chi connectivity index (χ2n) is 7.60. The van der Waals surface area contributed by atoms with Gasteiger partial charge in [0.15, 0.2) is 0 Å². The molecule has 2 fully saturated rings. The molecule has 19 heavy (non-hydrogen) atoms. The summed E-state index contributed by atoms with van der Waals surface area (Å²) in [5.41, 5.74) is 6.69. The summed E-state index contributed by atoms with van der Waals surface area (Å²) >= 11 is 0. The Morgan fingerprint density at radius 1 is 1.26 bits per heavy atom. The zero-order valence-corrected chi connectivity index (χ0v) is 13.2. The monoisotopic (exact) mass is 268 g/mol. The molecule has 2 atom stereocenters. The third-order valence-corrected chi connectivity index (χ3v) is 5.95. The van der Waals surface area contributed by atoms with Crippen LogP contribution in [0.25, 0.3) is 0 Å². The average molecular weight is 268 g/mol. The van der Waals surface area contributed by atoms with Gasteiger partial charge in [0, 0.05) is 25.1 Å². The third-order valence-electron chi connectivity index (χ3n) is 5.95. The van der Waals surface area contributed by atoms with E-state index in [1.165, 1.54) is 25.7 Å². The summed E-state index contributed by atoms with van der Waals surface area (Å²) in [6, 6.07) is 0.584. The van der Waals surface area contributed by atoms with Crippen LogP contribution in [-0.4, -0.2) is 32.3 Å². The fourth-order valence-corrected chi connectivity index (χ4v) is 3.80. The van der Waals surface area contributed by atoms with E-state index in [9.17, 15) is 0 Å². The Balaban J connectivity index is 1.84. The smallest absolute Gasteiger partial charge is 0.0652 e. The molecule has 0 aromatic rings. The molecule has 2 saturated carbocycles. The van der Waals surface area contributed by atoms with Gasteiger partial charge in [-0.2, -0.15) is 0 Å².